The summed E-state index contributed by atoms with van der Waals surface area (Å²) in [7, 11) is 0. The van der Waals surface area contributed by atoms with Crippen LogP contribution < -0.4 is 15.8 Å². The zero-order valence-electron chi connectivity index (χ0n) is 11.2. The third-order valence-corrected chi connectivity index (χ3v) is 4.65. The van der Waals surface area contributed by atoms with Crippen LogP contribution in [-0.2, 0) is 11.2 Å². The highest BCUT2D eigenvalue weighted by Crippen LogP contribution is 2.33. The van der Waals surface area contributed by atoms with Gasteiger partial charge in [0.1, 0.15) is 5.75 Å². The molecule has 2 heterocycles. The van der Waals surface area contributed by atoms with Gasteiger partial charge >= 0.3 is 0 Å². The van der Waals surface area contributed by atoms with E-state index in [0.29, 0.717) is 11.4 Å². The molecule has 3 N–H and O–H groups in total. The van der Waals surface area contributed by atoms with Crippen LogP contribution in [-0.4, -0.2) is 12.5 Å². The van der Waals surface area contributed by atoms with E-state index >= 15 is 0 Å². The monoisotopic (exact) mass is 288 g/mol. The summed E-state index contributed by atoms with van der Waals surface area (Å²) in [5.74, 6) is 0.564. The number of aryl methyl sites for hydroxylation is 1. The number of nitrogens with one attached hydrogen (secondary N) is 1. The second-order valence-corrected chi connectivity index (χ2v) is 5.93. The van der Waals surface area contributed by atoms with Crippen LogP contribution in [0.3, 0.4) is 0 Å². The van der Waals surface area contributed by atoms with Crippen molar-refractivity contribution in [2.45, 2.75) is 19.4 Å². The van der Waals surface area contributed by atoms with Crippen LogP contribution in [0.2, 0.25) is 0 Å². The lowest BCUT2D eigenvalue weighted by molar-refractivity contribution is -0.118. The van der Waals surface area contributed by atoms with Crippen molar-refractivity contribution < 1.29 is 9.53 Å². The Hall–Kier alpha value is -1.85. The van der Waals surface area contributed by atoms with Gasteiger partial charge in [0.2, 0.25) is 0 Å². The minimum atomic E-state index is -0.176. The number of carbonyl (C=O) groups excluding carboxylic acids is 1. The third-order valence-electron chi connectivity index (χ3n) is 3.33. The molecule has 0 bridgehead atoms. The molecule has 104 valence electrons. The van der Waals surface area contributed by atoms with Crippen LogP contribution in [0.15, 0.2) is 30.3 Å². The number of fused-ring (bicyclic) bond motifs is 1. The second kappa shape index (κ2) is 5.26. The topological polar surface area (TPSA) is 64.3 Å². The number of hydrogen-bond donors (Lipinski definition) is 2. The molecular weight excluding hydrogens is 272 g/mol. The van der Waals surface area contributed by atoms with Crippen molar-refractivity contribution in [3.63, 3.8) is 0 Å². The van der Waals surface area contributed by atoms with Crippen LogP contribution in [0.1, 0.15) is 28.3 Å². The van der Waals surface area contributed by atoms with E-state index < -0.39 is 0 Å². The first-order chi connectivity index (χ1) is 9.67. The van der Waals surface area contributed by atoms with Gasteiger partial charge in [-0.25, -0.2) is 0 Å². The molecule has 2 aromatic rings. The van der Waals surface area contributed by atoms with Crippen molar-refractivity contribution in [2.24, 2.45) is 5.73 Å². The lowest BCUT2D eigenvalue weighted by Gasteiger charge is -2.20. The predicted molar refractivity (Wildman–Crippen MR) is 80.3 cm³/mol. The fraction of sp³-hybridized carbons (Fsp3) is 0.267. The molecule has 20 heavy (non-hydrogen) atoms. The maximum atomic E-state index is 11.4. The largest absolute Gasteiger partial charge is 0.482 e. The van der Waals surface area contributed by atoms with E-state index in [4.69, 9.17) is 10.5 Å². The number of anilines is 1. The number of amides is 1. The Labute approximate surface area is 121 Å². The van der Waals surface area contributed by atoms with Crippen molar-refractivity contribution in [3.8, 4) is 5.75 Å². The SMILES string of the molecule is CCc1ccc(C(N)c2ccc3c(c2)NC(=O)CO3)s1. The predicted octanol–water partition coefficient (Wildman–Crippen LogP) is 2.69. The van der Waals surface area contributed by atoms with E-state index in [1.54, 1.807) is 11.3 Å². The normalized spacial score (nSPS) is 15.2. The van der Waals surface area contributed by atoms with Gasteiger partial charge in [0, 0.05) is 9.75 Å². The van der Waals surface area contributed by atoms with Crippen molar-refractivity contribution in [1.29, 1.82) is 0 Å². The summed E-state index contributed by atoms with van der Waals surface area (Å²) in [4.78, 5) is 13.8. The van der Waals surface area contributed by atoms with E-state index in [2.05, 4.69) is 24.4 Å². The average molecular weight is 288 g/mol. The molecule has 1 aromatic carbocycles. The number of hydrogen-bond acceptors (Lipinski definition) is 4. The molecule has 0 radical (unpaired) electrons. The lowest BCUT2D eigenvalue weighted by Crippen LogP contribution is -2.25. The number of nitrogens with two attached hydrogens (primary N) is 1. The minimum absolute atomic E-state index is 0.0726. The molecule has 1 aliphatic heterocycles. The van der Waals surface area contributed by atoms with Gasteiger partial charge in [0.25, 0.3) is 5.91 Å². The number of thiophene rings is 1. The van der Waals surface area contributed by atoms with Gasteiger partial charge in [-0.05, 0) is 36.2 Å². The molecule has 1 unspecified atom stereocenters. The van der Waals surface area contributed by atoms with E-state index in [9.17, 15) is 4.79 Å². The Kier molecular flexibility index (Phi) is 3.46. The maximum absolute atomic E-state index is 11.4. The average Bonchev–Trinajstić information content (AvgIpc) is 2.94. The summed E-state index contributed by atoms with van der Waals surface area (Å²) in [6.07, 6.45) is 1.02. The number of carbonyl (C=O) groups is 1. The molecule has 0 spiro atoms. The van der Waals surface area contributed by atoms with Crippen LogP contribution >= 0.6 is 11.3 Å². The number of benzene rings is 1. The lowest BCUT2D eigenvalue weighted by atomic mass is 10.0. The Morgan fingerprint density at radius 2 is 2.25 bits per heavy atom. The van der Waals surface area contributed by atoms with E-state index in [0.717, 1.165) is 16.9 Å². The molecule has 1 amide bonds. The fourth-order valence-corrected chi connectivity index (χ4v) is 3.19. The molecule has 5 heteroatoms. The van der Waals surface area contributed by atoms with Crippen molar-refractivity contribution in [1.82, 2.24) is 0 Å². The zero-order chi connectivity index (χ0) is 14.1. The standard InChI is InChI=1S/C15H16N2O2S/c1-2-10-4-6-13(20-10)15(16)9-3-5-12-11(7-9)17-14(18)8-19-12/h3-7,15H,2,8,16H2,1H3,(H,17,18). The smallest absolute Gasteiger partial charge is 0.262 e. The Balaban J connectivity index is 1.90. The summed E-state index contributed by atoms with van der Waals surface area (Å²) in [5, 5.41) is 2.81. The van der Waals surface area contributed by atoms with Gasteiger partial charge in [-0.3, -0.25) is 4.79 Å². The van der Waals surface area contributed by atoms with Crippen LogP contribution in [0, 0.1) is 0 Å². The summed E-state index contributed by atoms with van der Waals surface area (Å²) >= 11 is 1.73. The van der Waals surface area contributed by atoms with Crippen molar-refractivity contribution >= 4 is 22.9 Å². The first kappa shape index (κ1) is 13.1. The Morgan fingerprint density at radius 3 is 3.00 bits per heavy atom. The highest BCUT2D eigenvalue weighted by molar-refractivity contribution is 7.12. The maximum Gasteiger partial charge on any atom is 0.262 e. The molecule has 0 fully saturated rings. The van der Waals surface area contributed by atoms with Gasteiger partial charge in [-0.1, -0.05) is 13.0 Å². The van der Waals surface area contributed by atoms with E-state index in [1.807, 2.05) is 18.2 Å². The van der Waals surface area contributed by atoms with Gasteiger partial charge in [-0.2, -0.15) is 0 Å². The first-order valence-electron chi connectivity index (χ1n) is 6.58. The fourth-order valence-electron chi connectivity index (χ4n) is 2.21. The zero-order valence-corrected chi connectivity index (χ0v) is 12.0. The van der Waals surface area contributed by atoms with Crippen LogP contribution in [0.25, 0.3) is 0 Å². The van der Waals surface area contributed by atoms with Gasteiger partial charge in [0.05, 0.1) is 11.7 Å². The second-order valence-electron chi connectivity index (χ2n) is 4.73. The molecule has 0 saturated heterocycles. The van der Waals surface area contributed by atoms with E-state index in [1.165, 1.54) is 4.88 Å². The molecule has 3 rings (SSSR count). The van der Waals surface area contributed by atoms with Gasteiger partial charge < -0.3 is 15.8 Å². The molecule has 4 nitrogen and oxygen atoms in total. The molecule has 0 saturated carbocycles. The molecule has 1 aromatic heterocycles. The summed E-state index contributed by atoms with van der Waals surface area (Å²) in [6.45, 7) is 2.20. The van der Waals surface area contributed by atoms with Crippen molar-refractivity contribution in [3.05, 3.63) is 45.6 Å². The first-order valence-corrected chi connectivity index (χ1v) is 7.40. The molecule has 1 atom stereocenters. The summed E-state index contributed by atoms with van der Waals surface area (Å²) in [6, 6.07) is 9.71. The molecule has 1 aliphatic rings. The highest BCUT2D eigenvalue weighted by Gasteiger charge is 2.18. The third kappa shape index (κ3) is 2.42. The minimum Gasteiger partial charge on any atom is -0.482 e. The highest BCUT2D eigenvalue weighted by atomic mass is 32.1. The molecule has 0 aliphatic carbocycles. The van der Waals surface area contributed by atoms with Crippen LogP contribution in [0.4, 0.5) is 5.69 Å². The van der Waals surface area contributed by atoms with Gasteiger partial charge in [-0.15, -0.1) is 11.3 Å². The quantitative estimate of drug-likeness (QED) is 0.912. The van der Waals surface area contributed by atoms with Gasteiger partial charge in [0.15, 0.2) is 6.61 Å². The Bertz CT molecular complexity index is 651. The summed E-state index contributed by atoms with van der Waals surface area (Å²) in [5.41, 5.74) is 7.98. The van der Waals surface area contributed by atoms with Crippen molar-refractivity contribution in [2.75, 3.05) is 11.9 Å². The van der Waals surface area contributed by atoms with E-state index in [-0.39, 0.29) is 18.6 Å². The Morgan fingerprint density at radius 1 is 1.40 bits per heavy atom. The molecular formula is C15H16N2O2S. The summed E-state index contributed by atoms with van der Waals surface area (Å²) < 4.78 is 5.35. The number of ether oxygens (including phenoxy) is 1. The number of rotatable bonds is 3. The van der Waals surface area contributed by atoms with Crippen LogP contribution in [0.5, 0.6) is 5.75 Å².